The Bertz CT molecular complexity index is 507. The summed E-state index contributed by atoms with van der Waals surface area (Å²) in [6.07, 6.45) is 3.10. The fourth-order valence-electron chi connectivity index (χ4n) is 1.01. The third kappa shape index (κ3) is 8.99. The molecule has 0 fully saturated rings. The van der Waals surface area contributed by atoms with E-state index in [-0.39, 0.29) is 12.3 Å². The number of nitrogens with zero attached hydrogens (tertiary/aromatic N) is 3. The summed E-state index contributed by atoms with van der Waals surface area (Å²) in [6, 6.07) is 1.90. The fourth-order valence-corrected chi connectivity index (χ4v) is 1.73. The zero-order chi connectivity index (χ0) is 16.1. The van der Waals surface area contributed by atoms with Crippen molar-refractivity contribution in [1.29, 1.82) is 5.26 Å². The molecule has 0 saturated heterocycles. The van der Waals surface area contributed by atoms with E-state index in [0.29, 0.717) is 0 Å². The standard InChI is InChI=1S/C13H15N4.I2.W/c1-6-10(2)12(4)11(3)8-16-17-13(7-14)9-15-5;1-2;/h16H,9H2,1-4H3;;/q-1;;. The molecular formula is C13H15I2N4W-. The number of nitriles is 1. The Hall–Kier alpha value is -0.0517. The SMILES string of the molecule is II.[C-]#[N+]CC(C#N)=NN[C](=[W])C(C)=C(C)C(C)=[C-]C. The van der Waals surface area contributed by atoms with Crippen LogP contribution in [0.25, 0.3) is 4.85 Å². The van der Waals surface area contributed by atoms with E-state index in [1.54, 1.807) is 0 Å². The van der Waals surface area contributed by atoms with Crippen molar-refractivity contribution < 1.29 is 19.4 Å². The first-order chi connectivity index (χ1) is 9.47. The molecule has 0 unspecified atom stereocenters. The number of rotatable bonds is 5. The van der Waals surface area contributed by atoms with Gasteiger partial charge in [-0.2, -0.15) is 0 Å². The predicted octanol–water partition coefficient (Wildman–Crippen LogP) is 3.93. The van der Waals surface area contributed by atoms with Gasteiger partial charge in [-0.25, -0.2) is 0 Å². The second-order valence-corrected chi connectivity index (χ2v) is 5.02. The molecule has 20 heavy (non-hydrogen) atoms. The molecule has 1 N–H and O–H groups in total. The van der Waals surface area contributed by atoms with E-state index in [1.807, 2.05) is 33.8 Å². The van der Waals surface area contributed by atoms with Gasteiger partial charge in [0.15, 0.2) is 0 Å². The Morgan fingerprint density at radius 2 is 1.95 bits per heavy atom. The summed E-state index contributed by atoms with van der Waals surface area (Å²) >= 11 is 5.47. The van der Waals surface area contributed by atoms with Crippen molar-refractivity contribution in [2.45, 2.75) is 27.7 Å². The zero-order valence-electron chi connectivity index (χ0n) is 11.7. The van der Waals surface area contributed by atoms with Gasteiger partial charge in [0, 0.05) is 37.2 Å². The van der Waals surface area contributed by atoms with E-state index in [0.717, 1.165) is 20.7 Å². The molecule has 4 nitrogen and oxygen atoms in total. The van der Waals surface area contributed by atoms with E-state index in [4.69, 9.17) is 11.8 Å². The molecule has 108 valence electrons. The van der Waals surface area contributed by atoms with Crippen LogP contribution in [0.5, 0.6) is 0 Å². The third-order valence-corrected chi connectivity index (χ3v) is 3.92. The summed E-state index contributed by atoms with van der Waals surface area (Å²) in [5, 5.41) is 12.7. The normalized spacial score (nSPS) is 12.2. The van der Waals surface area contributed by atoms with Crippen LogP contribution in [-0.2, 0) is 19.4 Å². The quantitative estimate of drug-likeness (QED) is 0.159. The van der Waals surface area contributed by atoms with Crippen molar-refractivity contribution in [3.05, 3.63) is 34.2 Å². The maximum absolute atomic E-state index is 8.75. The van der Waals surface area contributed by atoms with Crippen molar-refractivity contribution in [3.63, 3.8) is 0 Å². The van der Waals surface area contributed by atoms with Crippen LogP contribution in [0.1, 0.15) is 27.7 Å². The summed E-state index contributed by atoms with van der Waals surface area (Å²) in [5.41, 5.74) is 6.39. The third-order valence-electron chi connectivity index (χ3n) is 2.49. The Morgan fingerprint density at radius 1 is 1.40 bits per heavy atom. The fraction of sp³-hybridized carbons (Fsp3) is 0.385. The number of hydrazone groups is 1. The first-order valence-electron chi connectivity index (χ1n) is 5.41. The van der Waals surface area contributed by atoms with Crippen LogP contribution in [0.3, 0.4) is 0 Å². The molecule has 0 saturated carbocycles. The summed E-state index contributed by atoms with van der Waals surface area (Å²) in [7, 11) is 0. The van der Waals surface area contributed by atoms with E-state index < -0.39 is 0 Å². The molecule has 0 radical (unpaired) electrons. The molecule has 0 heterocycles. The Labute approximate surface area is 155 Å². The number of halogens is 2. The van der Waals surface area contributed by atoms with Crippen molar-refractivity contribution in [1.82, 2.24) is 5.43 Å². The molecule has 0 aliphatic rings. The van der Waals surface area contributed by atoms with Gasteiger partial charge in [0.1, 0.15) is 0 Å². The van der Waals surface area contributed by atoms with Crippen LogP contribution in [0.2, 0.25) is 0 Å². The van der Waals surface area contributed by atoms with Gasteiger partial charge < -0.3 is 0 Å². The zero-order valence-corrected chi connectivity index (χ0v) is 19.0. The van der Waals surface area contributed by atoms with Crippen LogP contribution >= 0.6 is 37.2 Å². The minimum atomic E-state index is 0.00945. The Morgan fingerprint density at radius 3 is 2.35 bits per heavy atom. The van der Waals surface area contributed by atoms with E-state index in [9.17, 15) is 0 Å². The van der Waals surface area contributed by atoms with Crippen molar-refractivity contribution in [2.24, 2.45) is 5.10 Å². The Balaban J connectivity index is 0. The van der Waals surface area contributed by atoms with Crippen molar-refractivity contribution in [2.75, 3.05) is 6.54 Å². The summed E-state index contributed by atoms with van der Waals surface area (Å²) in [6.45, 7) is 14.6. The van der Waals surface area contributed by atoms with E-state index in [2.05, 4.69) is 58.7 Å². The molecule has 0 aromatic rings. The van der Waals surface area contributed by atoms with Crippen molar-refractivity contribution >= 4 is 47.0 Å². The Kier molecular flexibility index (Phi) is 15.5. The van der Waals surface area contributed by atoms with Gasteiger partial charge in [0.05, 0.1) is 0 Å². The molecule has 0 spiro atoms. The summed E-state index contributed by atoms with van der Waals surface area (Å²) < 4.78 is 0.944. The molecule has 0 amide bonds. The molecular weight excluding hydrogens is 650 g/mol. The minimum absolute atomic E-state index is 0.00945. The van der Waals surface area contributed by atoms with Crippen LogP contribution in [0.4, 0.5) is 0 Å². The molecule has 0 aromatic carbocycles. The second kappa shape index (κ2) is 13.9. The number of nitrogens with one attached hydrogen (secondary N) is 1. The summed E-state index contributed by atoms with van der Waals surface area (Å²) in [4.78, 5) is 3.13. The summed E-state index contributed by atoms with van der Waals surface area (Å²) in [5.74, 6) is 0. The van der Waals surface area contributed by atoms with Crippen LogP contribution in [0.15, 0.2) is 21.8 Å². The van der Waals surface area contributed by atoms with Crippen LogP contribution in [-0.4, -0.2) is 16.3 Å². The van der Waals surface area contributed by atoms with Gasteiger partial charge in [-0.05, 0) is 0 Å². The first-order valence-corrected chi connectivity index (χ1v) is 13.2. The van der Waals surface area contributed by atoms with Crippen molar-refractivity contribution in [3.8, 4) is 6.07 Å². The van der Waals surface area contributed by atoms with Gasteiger partial charge in [-0.3, -0.25) is 0 Å². The molecule has 0 atom stereocenters. The number of hydrogen-bond acceptors (Lipinski definition) is 3. The second-order valence-electron chi connectivity index (χ2n) is 3.55. The molecule has 0 aromatic heterocycles. The van der Waals surface area contributed by atoms with E-state index in [1.165, 1.54) is 19.4 Å². The molecule has 0 aliphatic heterocycles. The predicted molar refractivity (Wildman–Crippen MR) is 97.2 cm³/mol. The number of hydrogen-bond donors (Lipinski definition) is 1. The monoisotopic (exact) mass is 665 g/mol. The first kappa shape index (κ1) is 22.2. The van der Waals surface area contributed by atoms with Gasteiger partial charge in [-0.1, -0.05) is 0 Å². The molecule has 0 aliphatic carbocycles. The van der Waals surface area contributed by atoms with Gasteiger partial charge in [-0.15, -0.1) is 0 Å². The van der Waals surface area contributed by atoms with Crippen LogP contribution in [0, 0.1) is 24.0 Å². The number of allylic oxidation sites excluding steroid dienone is 3. The van der Waals surface area contributed by atoms with Gasteiger partial charge in [0.25, 0.3) is 0 Å². The maximum atomic E-state index is 8.75. The average molecular weight is 665 g/mol. The molecule has 0 rings (SSSR count). The topological polar surface area (TPSA) is 52.5 Å². The molecule has 0 bridgehead atoms. The van der Waals surface area contributed by atoms with Crippen LogP contribution < -0.4 is 5.43 Å². The van der Waals surface area contributed by atoms with E-state index >= 15 is 0 Å². The average Bonchev–Trinajstić information content (AvgIpc) is 2.50. The van der Waals surface area contributed by atoms with Gasteiger partial charge >= 0.3 is 119 Å². The van der Waals surface area contributed by atoms with Gasteiger partial charge in [0.2, 0.25) is 0 Å². The molecule has 7 heteroatoms.